The van der Waals surface area contributed by atoms with Gasteiger partial charge >= 0.3 is 0 Å². The predicted molar refractivity (Wildman–Crippen MR) is 68.2 cm³/mol. The van der Waals surface area contributed by atoms with Crippen molar-refractivity contribution >= 4 is 5.78 Å². The van der Waals surface area contributed by atoms with Crippen LogP contribution in [-0.4, -0.2) is 40.0 Å². The fourth-order valence-corrected chi connectivity index (χ4v) is 2.36. The summed E-state index contributed by atoms with van der Waals surface area (Å²) >= 11 is 0. The monoisotopic (exact) mass is 249 g/mol. The second-order valence-corrected chi connectivity index (χ2v) is 4.78. The molecule has 2 N–H and O–H groups in total. The van der Waals surface area contributed by atoms with Gasteiger partial charge in [0, 0.05) is 11.1 Å². The van der Waals surface area contributed by atoms with Crippen molar-refractivity contribution in [2.24, 2.45) is 0 Å². The first-order valence-electron chi connectivity index (χ1n) is 6.34. The maximum atomic E-state index is 12.2. The minimum absolute atomic E-state index is 0.0934. The van der Waals surface area contributed by atoms with Crippen molar-refractivity contribution in [1.82, 2.24) is 4.90 Å². The zero-order valence-corrected chi connectivity index (χ0v) is 10.5. The van der Waals surface area contributed by atoms with Gasteiger partial charge in [0.25, 0.3) is 0 Å². The van der Waals surface area contributed by atoms with E-state index in [1.807, 2.05) is 6.92 Å². The van der Waals surface area contributed by atoms with Crippen molar-refractivity contribution < 1.29 is 15.0 Å². The van der Waals surface area contributed by atoms with Gasteiger partial charge in [-0.3, -0.25) is 9.69 Å². The van der Waals surface area contributed by atoms with Crippen molar-refractivity contribution in [3.05, 3.63) is 35.4 Å². The molecule has 98 valence electrons. The van der Waals surface area contributed by atoms with Gasteiger partial charge in [0.2, 0.25) is 0 Å². The summed E-state index contributed by atoms with van der Waals surface area (Å²) in [6, 6.07) is 6.37. The number of aliphatic hydroxyl groups is 2. The van der Waals surface area contributed by atoms with Crippen molar-refractivity contribution in [2.75, 3.05) is 13.1 Å². The molecule has 1 atom stereocenters. The number of benzene rings is 1. The highest BCUT2D eigenvalue weighted by molar-refractivity contribution is 5.99. The Kier molecular flexibility index (Phi) is 4.11. The van der Waals surface area contributed by atoms with Gasteiger partial charge < -0.3 is 10.2 Å². The molecule has 0 radical (unpaired) electrons. The van der Waals surface area contributed by atoms with E-state index in [0.29, 0.717) is 11.1 Å². The number of nitrogens with zero attached hydrogens (tertiary/aromatic N) is 1. The molecule has 1 fully saturated rings. The Labute approximate surface area is 107 Å². The minimum Gasteiger partial charge on any atom is -0.364 e. The largest absolute Gasteiger partial charge is 0.364 e. The molecule has 2 rings (SSSR count). The quantitative estimate of drug-likeness (QED) is 0.624. The molecule has 1 saturated heterocycles. The first-order chi connectivity index (χ1) is 8.59. The zero-order chi connectivity index (χ0) is 13.1. The van der Waals surface area contributed by atoms with Gasteiger partial charge in [0.1, 0.15) is 0 Å². The predicted octanol–water partition coefficient (Wildman–Crippen LogP) is 1.34. The van der Waals surface area contributed by atoms with Crippen LogP contribution in [0.25, 0.3) is 0 Å². The molecule has 0 spiro atoms. The molecule has 0 aromatic heterocycles. The number of carbonyl (C=O) groups is 1. The molecule has 4 heteroatoms. The van der Waals surface area contributed by atoms with Crippen LogP contribution in [0.1, 0.15) is 42.0 Å². The first-order valence-corrected chi connectivity index (χ1v) is 6.34. The summed E-state index contributed by atoms with van der Waals surface area (Å²) in [6.45, 7) is 3.91. The maximum Gasteiger partial charge on any atom is 0.179 e. The van der Waals surface area contributed by atoms with Crippen molar-refractivity contribution in [3.8, 4) is 0 Å². The molecule has 1 aromatic rings. The molecular weight excluding hydrogens is 230 g/mol. The Hall–Kier alpha value is -1.23. The number of rotatable bonds is 4. The van der Waals surface area contributed by atoms with Crippen LogP contribution in [0.5, 0.6) is 0 Å². The Bertz CT molecular complexity index is 408. The number of carbonyl (C=O) groups excluding carboxylic acids is 1. The second-order valence-electron chi connectivity index (χ2n) is 4.78. The van der Waals surface area contributed by atoms with Gasteiger partial charge in [0.05, 0.1) is 6.04 Å². The van der Waals surface area contributed by atoms with Crippen molar-refractivity contribution in [3.63, 3.8) is 0 Å². The normalized spacial score (nSPS) is 18.2. The summed E-state index contributed by atoms with van der Waals surface area (Å²) in [5, 5.41) is 18.0. The molecular formula is C14H19NO3. The number of hydrogen-bond acceptors (Lipinski definition) is 4. The lowest BCUT2D eigenvalue weighted by atomic mass is 10.0. The van der Waals surface area contributed by atoms with Crippen LogP contribution < -0.4 is 0 Å². The smallest absolute Gasteiger partial charge is 0.179 e. The molecule has 1 aliphatic heterocycles. The Balaban J connectivity index is 2.08. The van der Waals surface area contributed by atoms with E-state index < -0.39 is 6.29 Å². The Morgan fingerprint density at radius 3 is 2.22 bits per heavy atom. The number of Topliss-reactive ketones (excluding diaryl/α,β-unsaturated/α-hetero) is 1. The van der Waals surface area contributed by atoms with Crippen LogP contribution in [0.3, 0.4) is 0 Å². The first kappa shape index (κ1) is 13.2. The second kappa shape index (κ2) is 5.61. The number of likely N-dealkylation sites (tertiary alicyclic amines) is 1. The molecule has 0 amide bonds. The minimum atomic E-state index is -1.48. The highest BCUT2D eigenvalue weighted by Gasteiger charge is 2.24. The summed E-state index contributed by atoms with van der Waals surface area (Å²) in [5.41, 5.74) is 1.03. The summed E-state index contributed by atoms with van der Waals surface area (Å²) < 4.78 is 0. The maximum absolute atomic E-state index is 12.2. The number of aliphatic hydroxyl groups excluding tert-OH is 1. The number of ketones is 1. The van der Waals surface area contributed by atoms with Gasteiger partial charge in [0.15, 0.2) is 12.1 Å². The van der Waals surface area contributed by atoms with E-state index in [1.165, 1.54) is 0 Å². The van der Waals surface area contributed by atoms with Crippen molar-refractivity contribution in [2.45, 2.75) is 32.1 Å². The van der Waals surface area contributed by atoms with E-state index in [0.717, 1.165) is 25.9 Å². The van der Waals surface area contributed by atoms with E-state index in [4.69, 9.17) is 10.2 Å². The van der Waals surface area contributed by atoms with Gasteiger partial charge in [-0.2, -0.15) is 0 Å². The zero-order valence-electron chi connectivity index (χ0n) is 10.5. The SMILES string of the molecule is CC(C(=O)c1ccc(C(O)O)cc1)N1CCCC1. The standard InChI is InChI=1S/C14H19NO3/c1-10(15-8-2-3-9-15)13(16)11-4-6-12(7-5-11)14(17)18/h4-7,10,14,17-18H,2-3,8-9H2,1H3. The van der Waals surface area contributed by atoms with E-state index in [1.54, 1.807) is 24.3 Å². The lowest BCUT2D eigenvalue weighted by Crippen LogP contribution is -2.36. The molecule has 0 bridgehead atoms. The van der Waals surface area contributed by atoms with Gasteiger partial charge in [-0.15, -0.1) is 0 Å². The van der Waals surface area contributed by atoms with E-state index in [9.17, 15) is 4.79 Å². The molecule has 18 heavy (non-hydrogen) atoms. The molecule has 0 saturated carbocycles. The molecule has 1 heterocycles. The molecule has 1 aliphatic rings. The fraction of sp³-hybridized carbons (Fsp3) is 0.500. The average molecular weight is 249 g/mol. The molecule has 4 nitrogen and oxygen atoms in total. The van der Waals surface area contributed by atoms with Crippen LogP contribution in [0, 0.1) is 0 Å². The van der Waals surface area contributed by atoms with Gasteiger partial charge in [-0.05, 0) is 32.9 Å². The third-order valence-corrected chi connectivity index (χ3v) is 3.56. The van der Waals surface area contributed by atoms with Crippen LogP contribution in [0.2, 0.25) is 0 Å². The topological polar surface area (TPSA) is 60.8 Å². The highest BCUT2D eigenvalue weighted by Crippen LogP contribution is 2.17. The van der Waals surface area contributed by atoms with Crippen LogP contribution >= 0.6 is 0 Å². The molecule has 0 aliphatic carbocycles. The summed E-state index contributed by atoms with van der Waals surface area (Å²) in [6.07, 6.45) is 0.839. The third-order valence-electron chi connectivity index (χ3n) is 3.56. The van der Waals surface area contributed by atoms with Crippen LogP contribution in [0.4, 0.5) is 0 Å². The highest BCUT2D eigenvalue weighted by atomic mass is 16.5. The van der Waals surface area contributed by atoms with E-state index in [-0.39, 0.29) is 11.8 Å². The molecule has 1 unspecified atom stereocenters. The van der Waals surface area contributed by atoms with Crippen LogP contribution in [-0.2, 0) is 0 Å². The average Bonchev–Trinajstić information content (AvgIpc) is 2.91. The Morgan fingerprint density at radius 1 is 1.17 bits per heavy atom. The van der Waals surface area contributed by atoms with E-state index >= 15 is 0 Å². The summed E-state index contributed by atoms with van der Waals surface area (Å²) in [4.78, 5) is 14.4. The summed E-state index contributed by atoms with van der Waals surface area (Å²) in [7, 11) is 0. The summed E-state index contributed by atoms with van der Waals surface area (Å²) in [5.74, 6) is 0.0934. The lowest BCUT2D eigenvalue weighted by molar-refractivity contribution is -0.0425. The van der Waals surface area contributed by atoms with Crippen molar-refractivity contribution in [1.29, 1.82) is 0 Å². The van der Waals surface area contributed by atoms with Crippen LogP contribution in [0.15, 0.2) is 24.3 Å². The Morgan fingerprint density at radius 2 is 1.72 bits per heavy atom. The number of hydrogen-bond donors (Lipinski definition) is 2. The van der Waals surface area contributed by atoms with Gasteiger partial charge in [-0.25, -0.2) is 0 Å². The molecule has 1 aromatic carbocycles. The third kappa shape index (κ3) is 2.77. The lowest BCUT2D eigenvalue weighted by Gasteiger charge is -2.22. The fourth-order valence-electron chi connectivity index (χ4n) is 2.36. The van der Waals surface area contributed by atoms with E-state index in [2.05, 4.69) is 4.90 Å². The van der Waals surface area contributed by atoms with Gasteiger partial charge in [-0.1, -0.05) is 24.3 Å².